The van der Waals surface area contributed by atoms with Crippen molar-refractivity contribution in [3.05, 3.63) is 23.4 Å². The summed E-state index contributed by atoms with van der Waals surface area (Å²) in [5.74, 6) is 0.301. The highest BCUT2D eigenvalue weighted by Crippen LogP contribution is 2.13. The van der Waals surface area contributed by atoms with Crippen molar-refractivity contribution in [1.82, 2.24) is 10.3 Å². The van der Waals surface area contributed by atoms with E-state index in [0.717, 1.165) is 0 Å². The van der Waals surface area contributed by atoms with Gasteiger partial charge in [0.2, 0.25) is 5.91 Å². The molecule has 0 aliphatic heterocycles. The molecule has 4 nitrogen and oxygen atoms in total. The number of hydrogen-bond acceptors (Lipinski definition) is 3. The molecule has 1 rings (SSSR count). The number of nitrogens with one attached hydrogen (secondary N) is 2. The molecule has 0 aliphatic rings. The summed E-state index contributed by atoms with van der Waals surface area (Å²) in [5, 5.41) is 6.12. The number of pyridine rings is 1. The lowest BCUT2D eigenvalue weighted by Gasteiger charge is -2.22. The second kappa shape index (κ2) is 4.59. The molecule has 0 bridgehead atoms. The molecule has 0 aromatic carbocycles. The number of likely N-dealkylation sites (N-methyl/N-ethyl adjacent to an activating group) is 1. The van der Waals surface area contributed by atoms with E-state index in [9.17, 15) is 4.79 Å². The van der Waals surface area contributed by atoms with Crippen LogP contribution in [0.2, 0.25) is 5.02 Å². The third-order valence-electron chi connectivity index (χ3n) is 2.16. The Morgan fingerprint density at radius 1 is 1.53 bits per heavy atom. The lowest BCUT2D eigenvalue weighted by molar-refractivity contribution is -0.121. The molecule has 0 fully saturated rings. The predicted molar refractivity (Wildman–Crippen MR) is 61.0 cm³/mol. The average Bonchev–Trinajstić information content (AvgIpc) is 2.17. The Bertz CT molecular complexity index is 365. The summed E-state index contributed by atoms with van der Waals surface area (Å²) in [7, 11) is 1.73. The minimum Gasteiger partial charge on any atom is -0.309 e. The first-order chi connectivity index (χ1) is 6.95. The van der Waals surface area contributed by atoms with Crippen LogP contribution in [0.25, 0.3) is 0 Å². The van der Waals surface area contributed by atoms with Gasteiger partial charge in [0.25, 0.3) is 0 Å². The molecule has 15 heavy (non-hydrogen) atoms. The number of halogens is 1. The molecule has 1 amide bonds. The van der Waals surface area contributed by atoms with Gasteiger partial charge in [-0.15, -0.1) is 0 Å². The third kappa shape index (κ3) is 3.18. The molecule has 1 aromatic rings. The second-order valence-electron chi connectivity index (χ2n) is 3.69. The van der Waals surface area contributed by atoms with Crippen molar-refractivity contribution < 1.29 is 4.79 Å². The summed E-state index contributed by atoms with van der Waals surface area (Å²) in [5.41, 5.74) is -0.635. The summed E-state index contributed by atoms with van der Waals surface area (Å²) in [6.07, 6.45) is 1.55. The topological polar surface area (TPSA) is 54.0 Å². The van der Waals surface area contributed by atoms with Crippen molar-refractivity contribution in [2.75, 3.05) is 12.4 Å². The van der Waals surface area contributed by atoms with Gasteiger partial charge in [0.15, 0.2) is 0 Å². The number of anilines is 1. The van der Waals surface area contributed by atoms with Gasteiger partial charge in [-0.3, -0.25) is 4.79 Å². The lowest BCUT2D eigenvalue weighted by atomic mass is 10.1. The molecule has 0 unspecified atom stereocenters. The molecule has 0 saturated heterocycles. The molecule has 82 valence electrons. The van der Waals surface area contributed by atoms with Crippen LogP contribution in [0.1, 0.15) is 13.8 Å². The van der Waals surface area contributed by atoms with Crippen LogP contribution in [0.15, 0.2) is 18.3 Å². The maximum Gasteiger partial charge on any atom is 0.245 e. The number of hydrogen-bond donors (Lipinski definition) is 2. The van der Waals surface area contributed by atoms with Crippen LogP contribution in [-0.2, 0) is 4.79 Å². The van der Waals surface area contributed by atoms with E-state index in [4.69, 9.17) is 11.6 Å². The van der Waals surface area contributed by atoms with E-state index in [2.05, 4.69) is 15.6 Å². The third-order valence-corrected chi connectivity index (χ3v) is 2.39. The van der Waals surface area contributed by atoms with E-state index in [1.807, 2.05) is 0 Å². The Hall–Kier alpha value is -1.13. The number of amides is 1. The summed E-state index contributed by atoms with van der Waals surface area (Å²) < 4.78 is 0. The highest BCUT2D eigenvalue weighted by molar-refractivity contribution is 6.30. The van der Waals surface area contributed by atoms with E-state index < -0.39 is 5.54 Å². The largest absolute Gasteiger partial charge is 0.309 e. The summed E-state index contributed by atoms with van der Waals surface area (Å²) >= 11 is 5.77. The summed E-state index contributed by atoms with van der Waals surface area (Å²) in [6.45, 7) is 3.57. The zero-order chi connectivity index (χ0) is 11.5. The van der Waals surface area contributed by atoms with Crippen LogP contribution < -0.4 is 10.6 Å². The van der Waals surface area contributed by atoms with Gasteiger partial charge in [0.05, 0.1) is 5.54 Å². The van der Waals surface area contributed by atoms with E-state index in [0.29, 0.717) is 10.8 Å². The Kier molecular flexibility index (Phi) is 3.66. The van der Waals surface area contributed by atoms with Crippen molar-refractivity contribution in [1.29, 1.82) is 0 Å². The molecular formula is C10H14ClN3O. The molecule has 1 heterocycles. The zero-order valence-electron chi connectivity index (χ0n) is 8.97. The Balaban J connectivity index is 2.75. The maximum atomic E-state index is 11.7. The highest BCUT2D eigenvalue weighted by atomic mass is 35.5. The monoisotopic (exact) mass is 227 g/mol. The standard InChI is InChI=1S/C10H14ClN3O/c1-10(2,12-3)9(15)14-8-6-7(11)4-5-13-8/h4-6,12H,1-3H3,(H,13,14,15). The van der Waals surface area contributed by atoms with Crippen molar-refractivity contribution >= 4 is 23.3 Å². The Morgan fingerprint density at radius 2 is 2.20 bits per heavy atom. The average molecular weight is 228 g/mol. The maximum absolute atomic E-state index is 11.7. The first-order valence-corrected chi connectivity index (χ1v) is 4.95. The molecule has 0 saturated carbocycles. The Morgan fingerprint density at radius 3 is 2.73 bits per heavy atom. The van der Waals surface area contributed by atoms with Gasteiger partial charge in [-0.1, -0.05) is 11.6 Å². The normalized spacial score (nSPS) is 11.2. The number of carbonyl (C=O) groups excluding carboxylic acids is 1. The van der Waals surface area contributed by atoms with Crippen molar-refractivity contribution in [3.8, 4) is 0 Å². The smallest absolute Gasteiger partial charge is 0.245 e. The minimum atomic E-state index is -0.635. The first kappa shape index (κ1) is 11.9. The lowest BCUT2D eigenvalue weighted by Crippen LogP contribution is -2.48. The fourth-order valence-electron chi connectivity index (χ4n) is 0.859. The fourth-order valence-corrected chi connectivity index (χ4v) is 1.02. The van der Waals surface area contributed by atoms with Gasteiger partial charge >= 0.3 is 0 Å². The van der Waals surface area contributed by atoms with Crippen molar-refractivity contribution in [3.63, 3.8) is 0 Å². The van der Waals surface area contributed by atoms with Crippen LogP contribution in [0.5, 0.6) is 0 Å². The van der Waals surface area contributed by atoms with E-state index in [1.165, 1.54) is 0 Å². The fraction of sp³-hybridized carbons (Fsp3) is 0.400. The number of nitrogens with zero attached hydrogens (tertiary/aromatic N) is 1. The van der Waals surface area contributed by atoms with Gasteiger partial charge in [0.1, 0.15) is 5.82 Å². The van der Waals surface area contributed by atoms with Crippen LogP contribution in [-0.4, -0.2) is 23.5 Å². The van der Waals surface area contributed by atoms with Gasteiger partial charge in [-0.05, 0) is 33.0 Å². The van der Waals surface area contributed by atoms with Gasteiger partial charge in [0, 0.05) is 11.2 Å². The number of carbonyl (C=O) groups is 1. The van der Waals surface area contributed by atoms with Gasteiger partial charge in [-0.25, -0.2) is 4.98 Å². The number of aromatic nitrogens is 1. The molecule has 0 spiro atoms. The number of rotatable bonds is 3. The van der Waals surface area contributed by atoms with Crippen LogP contribution in [0.4, 0.5) is 5.82 Å². The molecule has 0 aliphatic carbocycles. The summed E-state index contributed by atoms with van der Waals surface area (Å²) in [4.78, 5) is 15.7. The SMILES string of the molecule is CNC(C)(C)C(=O)Nc1cc(Cl)ccn1. The molecule has 5 heteroatoms. The van der Waals surface area contributed by atoms with Crippen molar-refractivity contribution in [2.24, 2.45) is 0 Å². The first-order valence-electron chi connectivity index (χ1n) is 4.57. The van der Waals surface area contributed by atoms with Crippen LogP contribution in [0, 0.1) is 0 Å². The van der Waals surface area contributed by atoms with E-state index >= 15 is 0 Å². The molecule has 2 N–H and O–H groups in total. The van der Waals surface area contributed by atoms with Crippen molar-refractivity contribution in [2.45, 2.75) is 19.4 Å². The van der Waals surface area contributed by atoms with E-state index in [-0.39, 0.29) is 5.91 Å². The van der Waals surface area contributed by atoms with Gasteiger partial charge in [-0.2, -0.15) is 0 Å². The zero-order valence-corrected chi connectivity index (χ0v) is 9.72. The molecule has 0 atom stereocenters. The van der Waals surface area contributed by atoms with E-state index in [1.54, 1.807) is 39.2 Å². The van der Waals surface area contributed by atoms with Crippen LogP contribution >= 0.6 is 11.6 Å². The molecule has 1 aromatic heterocycles. The van der Waals surface area contributed by atoms with Gasteiger partial charge < -0.3 is 10.6 Å². The highest BCUT2D eigenvalue weighted by Gasteiger charge is 2.25. The minimum absolute atomic E-state index is 0.153. The molecule has 0 radical (unpaired) electrons. The predicted octanol–water partition coefficient (Wildman–Crippen LogP) is 1.67. The second-order valence-corrected chi connectivity index (χ2v) is 4.12. The summed E-state index contributed by atoms with van der Waals surface area (Å²) in [6, 6.07) is 3.26. The molecular weight excluding hydrogens is 214 g/mol. The Labute approximate surface area is 94.0 Å². The quantitative estimate of drug-likeness (QED) is 0.826. The van der Waals surface area contributed by atoms with Crippen LogP contribution in [0.3, 0.4) is 0 Å².